The van der Waals surface area contributed by atoms with Gasteiger partial charge in [0.15, 0.2) is 0 Å². The summed E-state index contributed by atoms with van der Waals surface area (Å²) in [4.78, 5) is 5.87. The van der Waals surface area contributed by atoms with E-state index in [0.29, 0.717) is 0 Å². The van der Waals surface area contributed by atoms with Gasteiger partial charge >= 0.3 is 0 Å². The Morgan fingerprint density at radius 2 is 1.79 bits per heavy atom. The molecule has 3 nitrogen and oxygen atoms in total. The van der Waals surface area contributed by atoms with Crippen LogP contribution in [0.3, 0.4) is 0 Å². The smallest absolute Gasteiger partial charge is 0.101 e. The van der Waals surface area contributed by atoms with Crippen molar-refractivity contribution in [1.29, 1.82) is 0 Å². The minimum atomic E-state index is -0.865. The fourth-order valence-electron chi connectivity index (χ4n) is 3.09. The molecule has 2 aromatic rings. The van der Waals surface area contributed by atoms with E-state index in [1.54, 1.807) is 11.8 Å². The Balaban J connectivity index is 1.89. The van der Waals surface area contributed by atoms with Gasteiger partial charge in [-0.25, -0.2) is 0 Å². The first kappa shape index (κ1) is 17.3. The van der Waals surface area contributed by atoms with E-state index in [-0.39, 0.29) is 5.25 Å². The molecule has 0 fully saturated rings. The monoisotopic (exact) mass is 342 g/mol. The molecule has 0 saturated heterocycles. The second-order valence-corrected chi connectivity index (χ2v) is 8.08. The second kappa shape index (κ2) is 7.18. The van der Waals surface area contributed by atoms with Crippen LogP contribution in [0.25, 0.3) is 0 Å². The minimum absolute atomic E-state index is 0.0944. The molecule has 2 atom stereocenters. The van der Waals surface area contributed by atoms with Crippen molar-refractivity contribution in [1.82, 2.24) is 4.90 Å². The highest BCUT2D eigenvalue weighted by molar-refractivity contribution is 8.00. The van der Waals surface area contributed by atoms with Gasteiger partial charge in [-0.15, -0.1) is 11.8 Å². The third-order valence-corrected chi connectivity index (χ3v) is 6.16. The summed E-state index contributed by atoms with van der Waals surface area (Å²) >= 11 is 1.79. The van der Waals surface area contributed by atoms with Gasteiger partial charge < -0.3 is 14.9 Å². The third kappa shape index (κ3) is 3.61. The standard InChI is InChI=1S/C20H26N2OS/c1-20(23,16-9-5-4-6-10-16)19-15-22(14-13-21(2)3)17-11-7-8-12-18(17)24-19/h4-12,19,23H,13-15H2,1-3H3. The maximum atomic E-state index is 11.3. The molecule has 128 valence electrons. The van der Waals surface area contributed by atoms with Crippen molar-refractivity contribution in [2.45, 2.75) is 22.7 Å². The Morgan fingerprint density at radius 3 is 2.50 bits per heavy atom. The highest BCUT2D eigenvalue weighted by atomic mass is 32.2. The summed E-state index contributed by atoms with van der Waals surface area (Å²) in [5, 5.41) is 11.4. The van der Waals surface area contributed by atoms with Crippen LogP contribution < -0.4 is 4.90 Å². The first-order valence-electron chi connectivity index (χ1n) is 8.42. The van der Waals surface area contributed by atoms with Crippen molar-refractivity contribution in [3.8, 4) is 0 Å². The molecule has 4 heteroatoms. The summed E-state index contributed by atoms with van der Waals surface area (Å²) in [6, 6.07) is 18.5. The van der Waals surface area contributed by atoms with Gasteiger partial charge in [-0.1, -0.05) is 42.5 Å². The Morgan fingerprint density at radius 1 is 1.12 bits per heavy atom. The summed E-state index contributed by atoms with van der Waals surface area (Å²) in [5.74, 6) is 0. The summed E-state index contributed by atoms with van der Waals surface area (Å²) in [6.07, 6.45) is 0. The van der Waals surface area contributed by atoms with Crippen LogP contribution in [-0.4, -0.2) is 49.0 Å². The quantitative estimate of drug-likeness (QED) is 0.900. The summed E-state index contributed by atoms with van der Waals surface area (Å²) in [7, 11) is 4.20. The van der Waals surface area contributed by atoms with Crippen LogP contribution >= 0.6 is 11.8 Å². The van der Waals surface area contributed by atoms with Gasteiger partial charge in [0.2, 0.25) is 0 Å². The molecule has 0 bridgehead atoms. The number of fused-ring (bicyclic) bond motifs is 1. The SMILES string of the molecule is CN(C)CCN1CC(C(C)(O)c2ccccc2)Sc2ccccc21. The van der Waals surface area contributed by atoms with E-state index in [0.717, 1.165) is 25.2 Å². The van der Waals surface area contributed by atoms with Crippen molar-refractivity contribution >= 4 is 17.4 Å². The number of aliphatic hydroxyl groups is 1. The zero-order chi connectivity index (χ0) is 17.2. The highest BCUT2D eigenvalue weighted by Crippen LogP contribution is 2.44. The fourth-order valence-corrected chi connectivity index (χ4v) is 4.50. The van der Waals surface area contributed by atoms with Crippen LogP contribution in [0.5, 0.6) is 0 Å². The zero-order valence-corrected chi connectivity index (χ0v) is 15.5. The fraction of sp³-hybridized carbons (Fsp3) is 0.400. The molecule has 1 aliphatic heterocycles. The van der Waals surface area contributed by atoms with Crippen molar-refractivity contribution in [3.05, 3.63) is 60.2 Å². The van der Waals surface area contributed by atoms with Gasteiger partial charge in [0.05, 0.1) is 10.9 Å². The Labute approximate surface area is 149 Å². The molecular formula is C20H26N2OS. The van der Waals surface area contributed by atoms with Gasteiger partial charge in [0.25, 0.3) is 0 Å². The molecule has 0 spiro atoms. The third-order valence-electron chi connectivity index (χ3n) is 4.66. The lowest BCUT2D eigenvalue weighted by Gasteiger charge is -2.42. The molecular weight excluding hydrogens is 316 g/mol. The van der Waals surface area contributed by atoms with Gasteiger partial charge in [-0.3, -0.25) is 0 Å². The highest BCUT2D eigenvalue weighted by Gasteiger charge is 2.38. The molecule has 1 aliphatic rings. The van der Waals surface area contributed by atoms with Gasteiger partial charge in [-0.2, -0.15) is 0 Å². The number of likely N-dealkylation sites (N-methyl/N-ethyl adjacent to an activating group) is 1. The van der Waals surface area contributed by atoms with Crippen LogP contribution in [0.1, 0.15) is 12.5 Å². The maximum Gasteiger partial charge on any atom is 0.101 e. The zero-order valence-electron chi connectivity index (χ0n) is 14.6. The van der Waals surface area contributed by atoms with Crippen molar-refractivity contribution in [2.24, 2.45) is 0 Å². The van der Waals surface area contributed by atoms with Crippen molar-refractivity contribution in [2.75, 3.05) is 38.6 Å². The molecule has 0 amide bonds. The van der Waals surface area contributed by atoms with Crippen LogP contribution in [0.15, 0.2) is 59.5 Å². The maximum absolute atomic E-state index is 11.3. The summed E-state index contributed by atoms with van der Waals surface area (Å²) in [6.45, 7) is 4.75. The predicted octanol–water partition coefficient (Wildman–Crippen LogP) is 3.44. The van der Waals surface area contributed by atoms with Gasteiger partial charge in [-0.05, 0) is 38.7 Å². The number of nitrogens with zero attached hydrogens (tertiary/aromatic N) is 2. The number of hydrogen-bond donors (Lipinski definition) is 1. The van der Waals surface area contributed by atoms with E-state index in [1.165, 1.54) is 10.6 Å². The number of hydrogen-bond acceptors (Lipinski definition) is 4. The van der Waals surface area contributed by atoms with Crippen molar-refractivity contribution in [3.63, 3.8) is 0 Å². The molecule has 0 radical (unpaired) electrons. The van der Waals surface area contributed by atoms with E-state index < -0.39 is 5.60 Å². The van der Waals surface area contributed by atoms with Crippen LogP contribution in [0.4, 0.5) is 5.69 Å². The molecule has 1 N–H and O–H groups in total. The van der Waals surface area contributed by atoms with Gasteiger partial charge in [0.1, 0.15) is 5.60 Å². The lowest BCUT2D eigenvalue weighted by Crippen LogP contribution is -2.47. The van der Waals surface area contributed by atoms with Crippen LogP contribution in [0, 0.1) is 0 Å². The van der Waals surface area contributed by atoms with Crippen LogP contribution in [-0.2, 0) is 5.60 Å². The molecule has 1 heterocycles. The topological polar surface area (TPSA) is 26.7 Å². The molecule has 2 unspecified atom stereocenters. The second-order valence-electron chi connectivity index (χ2n) is 6.84. The van der Waals surface area contributed by atoms with E-state index in [9.17, 15) is 5.11 Å². The lowest BCUT2D eigenvalue weighted by molar-refractivity contribution is 0.0556. The first-order chi connectivity index (χ1) is 11.5. The average Bonchev–Trinajstić information content (AvgIpc) is 2.60. The van der Waals surface area contributed by atoms with E-state index >= 15 is 0 Å². The average molecular weight is 343 g/mol. The number of thioether (sulfide) groups is 1. The largest absolute Gasteiger partial charge is 0.384 e. The van der Waals surface area contributed by atoms with E-state index in [2.05, 4.69) is 48.2 Å². The Hall–Kier alpha value is -1.49. The van der Waals surface area contributed by atoms with Crippen molar-refractivity contribution < 1.29 is 5.11 Å². The van der Waals surface area contributed by atoms with E-state index in [4.69, 9.17) is 0 Å². The van der Waals surface area contributed by atoms with E-state index in [1.807, 2.05) is 37.3 Å². The minimum Gasteiger partial charge on any atom is -0.384 e. The molecule has 0 aliphatic carbocycles. The molecule has 0 aromatic heterocycles. The predicted molar refractivity (Wildman–Crippen MR) is 103 cm³/mol. The number of benzene rings is 2. The molecule has 24 heavy (non-hydrogen) atoms. The Bertz CT molecular complexity index is 672. The van der Waals surface area contributed by atoms with Crippen LogP contribution in [0.2, 0.25) is 0 Å². The summed E-state index contributed by atoms with van der Waals surface area (Å²) in [5.41, 5.74) is 1.40. The van der Waals surface area contributed by atoms with Gasteiger partial charge in [0, 0.05) is 24.5 Å². The lowest BCUT2D eigenvalue weighted by atomic mass is 9.91. The summed E-state index contributed by atoms with van der Waals surface area (Å²) < 4.78 is 0. The Kier molecular flexibility index (Phi) is 5.18. The molecule has 0 saturated carbocycles. The first-order valence-corrected chi connectivity index (χ1v) is 9.29. The number of para-hydroxylation sites is 1. The molecule has 2 aromatic carbocycles. The number of rotatable bonds is 5. The molecule has 3 rings (SSSR count). The normalized spacial score (nSPS) is 19.9. The number of anilines is 1.